The van der Waals surface area contributed by atoms with Gasteiger partial charge in [-0.2, -0.15) is 0 Å². The number of benzene rings is 2. The van der Waals surface area contributed by atoms with Gasteiger partial charge in [-0.15, -0.1) is 0 Å². The number of methoxy groups -OCH3 is 1. The number of ether oxygens (including phenoxy) is 1. The molecule has 2 aromatic rings. The number of hydrogen-bond donors (Lipinski definition) is 0. The van der Waals surface area contributed by atoms with Crippen molar-refractivity contribution in [2.45, 2.75) is 19.1 Å². The molecule has 0 N–H and O–H groups in total. The minimum atomic E-state index is -0.300. The van der Waals surface area contributed by atoms with Crippen LogP contribution in [0.1, 0.15) is 17.5 Å². The van der Waals surface area contributed by atoms with Crippen LogP contribution in [0.2, 0.25) is 5.02 Å². The number of carbonyl (C=O) groups is 1. The predicted molar refractivity (Wildman–Crippen MR) is 101 cm³/mol. The lowest BCUT2D eigenvalue weighted by molar-refractivity contribution is -0.137. The molecular weight excluding hydrogens is 371 g/mol. The molecule has 0 aliphatic carbocycles. The Balaban J connectivity index is 1.67. The van der Waals surface area contributed by atoms with Gasteiger partial charge in [0, 0.05) is 25.1 Å². The second-order valence-electron chi connectivity index (χ2n) is 6.28. The molecular formula is C20H20ClFN2O3. The molecule has 0 spiro atoms. The molecule has 0 radical (unpaired) electrons. The van der Waals surface area contributed by atoms with Gasteiger partial charge in [-0.05, 0) is 29.3 Å². The van der Waals surface area contributed by atoms with Crippen LogP contribution in [0.3, 0.4) is 0 Å². The summed E-state index contributed by atoms with van der Waals surface area (Å²) in [6, 6.07) is 13.5. The van der Waals surface area contributed by atoms with Crippen LogP contribution in [-0.2, 0) is 20.9 Å². The Bertz CT molecular complexity index is 826. The largest absolute Gasteiger partial charge is 0.390 e. The molecule has 1 aliphatic rings. The standard InChI is InChI=1S/C20H20ClFN2O3/c1-26-13-20(25)24(11-15-4-2-3-5-18(15)21)12-17-10-19(23-27-17)14-6-8-16(22)9-7-14/h2-9,17H,10-13H2,1H3. The van der Waals surface area contributed by atoms with Crippen molar-refractivity contribution in [3.8, 4) is 0 Å². The molecule has 7 heteroatoms. The monoisotopic (exact) mass is 390 g/mol. The first kappa shape index (κ1) is 19.3. The van der Waals surface area contributed by atoms with E-state index in [9.17, 15) is 9.18 Å². The van der Waals surface area contributed by atoms with Crippen LogP contribution in [0.5, 0.6) is 0 Å². The first-order valence-corrected chi connectivity index (χ1v) is 8.93. The zero-order valence-corrected chi connectivity index (χ0v) is 15.7. The molecule has 1 amide bonds. The summed E-state index contributed by atoms with van der Waals surface area (Å²) in [5.74, 6) is -0.456. The summed E-state index contributed by atoms with van der Waals surface area (Å²) in [6.45, 7) is 0.679. The molecule has 0 saturated heterocycles. The fraction of sp³-hybridized carbons (Fsp3) is 0.300. The van der Waals surface area contributed by atoms with Crippen LogP contribution < -0.4 is 0 Å². The molecule has 1 unspecified atom stereocenters. The van der Waals surface area contributed by atoms with Crippen LogP contribution in [0.4, 0.5) is 4.39 Å². The normalized spacial score (nSPS) is 16.0. The van der Waals surface area contributed by atoms with E-state index in [-0.39, 0.29) is 24.4 Å². The molecule has 1 aliphatic heterocycles. The molecule has 1 heterocycles. The summed E-state index contributed by atoms with van der Waals surface area (Å²) < 4.78 is 18.1. The van der Waals surface area contributed by atoms with Crippen molar-refractivity contribution in [2.24, 2.45) is 5.16 Å². The maximum Gasteiger partial charge on any atom is 0.248 e. The van der Waals surface area contributed by atoms with Crippen molar-refractivity contribution in [1.82, 2.24) is 4.90 Å². The molecule has 3 rings (SSSR count). The average molecular weight is 391 g/mol. The SMILES string of the molecule is COCC(=O)N(Cc1ccccc1Cl)CC1CC(c2ccc(F)cc2)=NO1. The van der Waals surface area contributed by atoms with E-state index < -0.39 is 0 Å². The summed E-state index contributed by atoms with van der Waals surface area (Å²) in [5, 5.41) is 4.70. The van der Waals surface area contributed by atoms with Crippen molar-refractivity contribution >= 4 is 23.2 Å². The van der Waals surface area contributed by atoms with E-state index in [2.05, 4.69) is 5.16 Å². The molecule has 2 aromatic carbocycles. The molecule has 0 bridgehead atoms. The van der Waals surface area contributed by atoms with Crippen molar-refractivity contribution in [1.29, 1.82) is 0 Å². The summed E-state index contributed by atoms with van der Waals surface area (Å²) in [5.41, 5.74) is 2.39. The minimum Gasteiger partial charge on any atom is -0.390 e. The Kier molecular flexibility index (Phi) is 6.42. The number of nitrogens with zero attached hydrogens (tertiary/aromatic N) is 2. The second-order valence-corrected chi connectivity index (χ2v) is 6.68. The second kappa shape index (κ2) is 8.97. The van der Waals surface area contributed by atoms with E-state index in [4.69, 9.17) is 21.2 Å². The highest BCUT2D eigenvalue weighted by atomic mass is 35.5. The van der Waals surface area contributed by atoms with E-state index >= 15 is 0 Å². The van der Waals surface area contributed by atoms with Gasteiger partial charge in [0.2, 0.25) is 5.91 Å². The van der Waals surface area contributed by atoms with Gasteiger partial charge in [0.15, 0.2) is 6.10 Å². The van der Waals surface area contributed by atoms with Gasteiger partial charge in [-0.1, -0.05) is 47.1 Å². The van der Waals surface area contributed by atoms with Gasteiger partial charge in [0.25, 0.3) is 0 Å². The van der Waals surface area contributed by atoms with Crippen molar-refractivity contribution < 1.29 is 18.8 Å². The summed E-state index contributed by atoms with van der Waals surface area (Å²) in [4.78, 5) is 19.6. The summed E-state index contributed by atoms with van der Waals surface area (Å²) in [7, 11) is 1.48. The zero-order chi connectivity index (χ0) is 19.2. The molecule has 5 nitrogen and oxygen atoms in total. The quantitative estimate of drug-likeness (QED) is 0.725. The minimum absolute atomic E-state index is 0.0250. The average Bonchev–Trinajstić information content (AvgIpc) is 3.12. The lowest BCUT2D eigenvalue weighted by Crippen LogP contribution is -2.39. The van der Waals surface area contributed by atoms with Gasteiger partial charge < -0.3 is 14.5 Å². The van der Waals surface area contributed by atoms with Gasteiger partial charge >= 0.3 is 0 Å². The van der Waals surface area contributed by atoms with Crippen LogP contribution in [0.25, 0.3) is 0 Å². The van der Waals surface area contributed by atoms with Gasteiger partial charge in [0.05, 0.1) is 12.3 Å². The first-order chi connectivity index (χ1) is 13.1. The maximum absolute atomic E-state index is 13.1. The third-order valence-corrected chi connectivity index (χ3v) is 4.64. The molecule has 0 saturated carbocycles. The smallest absolute Gasteiger partial charge is 0.248 e. The van der Waals surface area contributed by atoms with Gasteiger partial charge in [0.1, 0.15) is 12.4 Å². The molecule has 0 fully saturated rings. The van der Waals surface area contributed by atoms with Crippen LogP contribution in [0.15, 0.2) is 53.7 Å². The topological polar surface area (TPSA) is 51.1 Å². The Hall–Kier alpha value is -2.44. The van der Waals surface area contributed by atoms with Crippen LogP contribution in [-0.4, -0.2) is 42.9 Å². The van der Waals surface area contributed by atoms with Gasteiger partial charge in [-0.25, -0.2) is 4.39 Å². The lowest BCUT2D eigenvalue weighted by atomic mass is 10.0. The number of amides is 1. The van der Waals surface area contributed by atoms with E-state index in [0.29, 0.717) is 24.5 Å². The molecule has 27 heavy (non-hydrogen) atoms. The van der Waals surface area contributed by atoms with Crippen molar-refractivity contribution in [3.63, 3.8) is 0 Å². The summed E-state index contributed by atoms with van der Waals surface area (Å²) >= 11 is 6.23. The van der Waals surface area contributed by atoms with E-state index in [1.807, 2.05) is 18.2 Å². The van der Waals surface area contributed by atoms with E-state index in [0.717, 1.165) is 16.8 Å². The van der Waals surface area contributed by atoms with Crippen molar-refractivity contribution in [2.75, 3.05) is 20.3 Å². The number of oxime groups is 1. The zero-order valence-electron chi connectivity index (χ0n) is 14.9. The maximum atomic E-state index is 13.1. The highest BCUT2D eigenvalue weighted by molar-refractivity contribution is 6.31. The highest BCUT2D eigenvalue weighted by Gasteiger charge is 2.27. The van der Waals surface area contributed by atoms with Crippen molar-refractivity contribution in [3.05, 3.63) is 70.5 Å². The number of hydrogen-bond acceptors (Lipinski definition) is 4. The van der Waals surface area contributed by atoms with Crippen LogP contribution >= 0.6 is 11.6 Å². The molecule has 1 atom stereocenters. The molecule has 142 valence electrons. The van der Waals surface area contributed by atoms with Crippen LogP contribution in [0, 0.1) is 5.82 Å². The lowest BCUT2D eigenvalue weighted by Gasteiger charge is -2.25. The fourth-order valence-electron chi connectivity index (χ4n) is 2.89. The molecule has 0 aromatic heterocycles. The first-order valence-electron chi connectivity index (χ1n) is 8.55. The fourth-order valence-corrected chi connectivity index (χ4v) is 3.08. The Morgan fingerprint density at radius 2 is 2.04 bits per heavy atom. The third kappa shape index (κ3) is 5.05. The Morgan fingerprint density at radius 1 is 1.30 bits per heavy atom. The number of carbonyl (C=O) groups excluding carboxylic acids is 1. The van der Waals surface area contributed by atoms with E-state index in [1.165, 1.54) is 19.2 Å². The summed E-state index contributed by atoms with van der Waals surface area (Å²) in [6.07, 6.45) is 0.249. The number of halogens is 2. The third-order valence-electron chi connectivity index (χ3n) is 4.27. The van der Waals surface area contributed by atoms with Gasteiger partial charge in [-0.3, -0.25) is 4.79 Å². The Morgan fingerprint density at radius 3 is 2.74 bits per heavy atom. The predicted octanol–water partition coefficient (Wildman–Crippen LogP) is 3.65. The Labute approximate surface area is 162 Å². The highest BCUT2D eigenvalue weighted by Crippen LogP contribution is 2.21. The van der Waals surface area contributed by atoms with E-state index in [1.54, 1.807) is 23.1 Å². The number of rotatable bonds is 7.